The van der Waals surface area contributed by atoms with Crippen molar-refractivity contribution in [2.24, 2.45) is 0 Å². The molecule has 1 amide bonds. The topological polar surface area (TPSA) is 71.4 Å². The molecule has 0 unspecified atom stereocenters. The lowest BCUT2D eigenvalue weighted by Crippen LogP contribution is -2.33. The smallest absolute Gasteiger partial charge is 0.226 e. The fraction of sp³-hybridized carbons (Fsp3) is 0.179. The number of amides is 1. The highest BCUT2D eigenvalue weighted by molar-refractivity contribution is 7.80. The van der Waals surface area contributed by atoms with Gasteiger partial charge < -0.3 is 24.8 Å². The van der Waals surface area contributed by atoms with E-state index in [1.165, 1.54) is 0 Å². The predicted octanol–water partition coefficient (Wildman–Crippen LogP) is 4.88. The molecule has 7 nitrogen and oxygen atoms in total. The number of carbonyl (C=O) groups excluding carboxylic acids is 1. The van der Waals surface area contributed by atoms with Crippen LogP contribution >= 0.6 is 12.2 Å². The predicted molar refractivity (Wildman–Crippen MR) is 144 cm³/mol. The molecule has 8 heteroatoms. The standard InChI is InChI=1S/C28H27N5O2S/c1-35-22-14-12-21(13-15-22)32-18-7-11-24(32)27-26(23-10-5-6-17-29-23)31-28(36)33(27)19-16-25(34)30-20-8-3-2-4-9-20/h2-15,17-18,26-27H,16,19H2,1H3,(H,30,34)(H,31,36)/t26-,27+/m0/s1. The van der Waals surface area contributed by atoms with Crippen LogP contribution in [0.1, 0.15) is 29.9 Å². The van der Waals surface area contributed by atoms with E-state index in [0.29, 0.717) is 18.1 Å². The summed E-state index contributed by atoms with van der Waals surface area (Å²) in [5.74, 6) is 0.739. The lowest BCUT2D eigenvalue weighted by Gasteiger charge is -2.29. The minimum absolute atomic E-state index is 0.0606. The molecule has 4 aromatic rings. The van der Waals surface area contributed by atoms with Gasteiger partial charge in [-0.05, 0) is 72.9 Å². The summed E-state index contributed by atoms with van der Waals surface area (Å²) in [5, 5.41) is 7.02. The summed E-state index contributed by atoms with van der Waals surface area (Å²) in [7, 11) is 1.66. The minimum Gasteiger partial charge on any atom is -0.497 e. The molecule has 3 heterocycles. The SMILES string of the molecule is COc1ccc(-n2cccc2[C@@H]2[C@H](c3ccccn3)NC(=S)N2CCC(=O)Nc2ccccc2)cc1. The zero-order chi connectivity index (χ0) is 24.9. The van der Waals surface area contributed by atoms with Crippen LogP contribution in [0.25, 0.3) is 5.69 Å². The Hall–Kier alpha value is -4.17. The van der Waals surface area contributed by atoms with Crippen molar-refractivity contribution in [3.63, 3.8) is 0 Å². The number of methoxy groups -OCH3 is 1. The quantitative estimate of drug-likeness (QED) is 0.338. The highest BCUT2D eigenvalue weighted by Gasteiger charge is 2.41. The second kappa shape index (κ2) is 10.6. The third-order valence-electron chi connectivity index (χ3n) is 6.27. The highest BCUT2D eigenvalue weighted by atomic mass is 32.1. The van der Waals surface area contributed by atoms with Crippen molar-refractivity contribution in [3.8, 4) is 11.4 Å². The number of rotatable bonds is 8. The number of nitrogens with zero attached hydrogens (tertiary/aromatic N) is 3. The summed E-state index contributed by atoms with van der Waals surface area (Å²) in [6, 6.07) is 27.1. The zero-order valence-electron chi connectivity index (χ0n) is 19.9. The van der Waals surface area contributed by atoms with E-state index in [4.69, 9.17) is 17.0 Å². The first-order valence-corrected chi connectivity index (χ1v) is 12.2. The monoisotopic (exact) mass is 497 g/mol. The summed E-state index contributed by atoms with van der Waals surface area (Å²) in [4.78, 5) is 19.4. The molecule has 182 valence electrons. The summed E-state index contributed by atoms with van der Waals surface area (Å²) in [6.07, 6.45) is 4.12. The Morgan fingerprint density at radius 2 is 1.81 bits per heavy atom. The maximum absolute atomic E-state index is 12.7. The number of pyridine rings is 1. The molecule has 0 saturated carbocycles. The van der Waals surface area contributed by atoms with Gasteiger partial charge >= 0.3 is 0 Å². The van der Waals surface area contributed by atoms with Crippen molar-refractivity contribution >= 4 is 28.9 Å². The number of hydrogen-bond donors (Lipinski definition) is 2. The summed E-state index contributed by atoms with van der Waals surface area (Å²) >= 11 is 5.77. The first-order valence-electron chi connectivity index (χ1n) is 11.8. The van der Waals surface area contributed by atoms with Crippen molar-refractivity contribution in [3.05, 3.63) is 109 Å². The number of carbonyl (C=O) groups is 1. The van der Waals surface area contributed by atoms with Gasteiger partial charge in [-0.25, -0.2) is 0 Å². The number of benzene rings is 2. The number of nitrogens with one attached hydrogen (secondary N) is 2. The molecule has 1 aliphatic heterocycles. The van der Waals surface area contributed by atoms with E-state index in [0.717, 1.165) is 28.5 Å². The summed E-state index contributed by atoms with van der Waals surface area (Å²) in [5.41, 5.74) is 3.73. The number of ether oxygens (including phenoxy) is 1. The van der Waals surface area contributed by atoms with E-state index >= 15 is 0 Å². The lowest BCUT2D eigenvalue weighted by atomic mass is 10.0. The minimum atomic E-state index is -0.164. The molecule has 1 saturated heterocycles. The van der Waals surface area contributed by atoms with E-state index < -0.39 is 0 Å². The molecule has 2 aromatic heterocycles. The third-order valence-corrected chi connectivity index (χ3v) is 6.62. The normalized spacial score (nSPS) is 17.0. The van der Waals surface area contributed by atoms with E-state index in [2.05, 4.69) is 31.2 Å². The number of thiocarbonyl (C=S) groups is 1. The highest BCUT2D eigenvalue weighted by Crippen LogP contribution is 2.39. The second-order valence-electron chi connectivity index (χ2n) is 8.49. The molecule has 0 radical (unpaired) electrons. The number of aromatic nitrogens is 2. The van der Waals surface area contributed by atoms with Gasteiger partial charge in [0, 0.05) is 42.4 Å². The molecule has 2 atom stereocenters. The molecule has 5 rings (SSSR count). The number of hydrogen-bond acceptors (Lipinski definition) is 4. The van der Waals surface area contributed by atoms with Crippen LogP contribution in [0.2, 0.25) is 0 Å². The molecule has 0 bridgehead atoms. The molecular formula is C28H27N5O2S. The van der Waals surface area contributed by atoms with Crippen molar-refractivity contribution in [1.82, 2.24) is 19.8 Å². The van der Waals surface area contributed by atoms with Gasteiger partial charge in [-0.1, -0.05) is 24.3 Å². The van der Waals surface area contributed by atoms with Gasteiger partial charge in [0.05, 0.1) is 24.9 Å². The van der Waals surface area contributed by atoms with Crippen LogP contribution in [0.5, 0.6) is 5.75 Å². The lowest BCUT2D eigenvalue weighted by molar-refractivity contribution is -0.116. The van der Waals surface area contributed by atoms with Gasteiger partial charge in [-0.3, -0.25) is 9.78 Å². The van der Waals surface area contributed by atoms with Gasteiger partial charge in [0.1, 0.15) is 5.75 Å². The molecule has 1 aliphatic rings. The van der Waals surface area contributed by atoms with Gasteiger partial charge in [0.25, 0.3) is 0 Å². The third kappa shape index (κ3) is 4.94. The van der Waals surface area contributed by atoms with E-state index in [9.17, 15) is 4.79 Å². The van der Waals surface area contributed by atoms with Crippen LogP contribution in [0, 0.1) is 0 Å². The van der Waals surface area contributed by atoms with E-state index in [-0.39, 0.29) is 18.0 Å². The average molecular weight is 498 g/mol. The van der Waals surface area contributed by atoms with Gasteiger partial charge in [-0.2, -0.15) is 0 Å². The molecule has 36 heavy (non-hydrogen) atoms. The fourth-order valence-electron chi connectivity index (χ4n) is 4.55. The Balaban J connectivity index is 1.44. The second-order valence-corrected chi connectivity index (χ2v) is 8.87. The van der Waals surface area contributed by atoms with Crippen LogP contribution in [0.3, 0.4) is 0 Å². The zero-order valence-corrected chi connectivity index (χ0v) is 20.7. The Kier molecular flexibility index (Phi) is 6.95. The fourth-order valence-corrected chi connectivity index (χ4v) is 4.88. The first-order chi connectivity index (χ1) is 17.6. The Bertz CT molecular complexity index is 1330. The van der Waals surface area contributed by atoms with Crippen LogP contribution in [-0.2, 0) is 4.79 Å². The maximum Gasteiger partial charge on any atom is 0.226 e. The summed E-state index contributed by atoms with van der Waals surface area (Å²) in [6.45, 7) is 0.465. The first kappa shape index (κ1) is 23.6. The molecule has 2 N–H and O–H groups in total. The van der Waals surface area contributed by atoms with Crippen LogP contribution < -0.4 is 15.4 Å². The van der Waals surface area contributed by atoms with Gasteiger partial charge in [0.15, 0.2) is 5.11 Å². The van der Waals surface area contributed by atoms with Crippen LogP contribution in [0.15, 0.2) is 97.3 Å². The molecule has 0 spiro atoms. The van der Waals surface area contributed by atoms with Crippen molar-refractivity contribution < 1.29 is 9.53 Å². The van der Waals surface area contributed by atoms with Crippen LogP contribution in [-0.4, -0.2) is 39.1 Å². The van der Waals surface area contributed by atoms with Crippen molar-refractivity contribution in [1.29, 1.82) is 0 Å². The average Bonchev–Trinajstić information content (AvgIpc) is 3.52. The Morgan fingerprint density at radius 3 is 2.53 bits per heavy atom. The summed E-state index contributed by atoms with van der Waals surface area (Å²) < 4.78 is 7.47. The van der Waals surface area contributed by atoms with Crippen molar-refractivity contribution in [2.45, 2.75) is 18.5 Å². The molecule has 1 fully saturated rings. The van der Waals surface area contributed by atoms with E-state index in [1.54, 1.807) is 13.3 Å². The van der Waals surface area contributed by atoms with Crippen LogP contribution in [0.4, 0.5) is 5.69 Å². The maximum atomic E-state index is 12.7. The number of para-hydroxylation sites is 1. The molecule has 0 aliphatic carbocycles. The van der Waals surface area contributed by atoms with Gasteiger partial charge in [-0.15, -0.1) is 0 Å². The number of anilines is 1. The Labute approximate surface area is 215 Å². The Morgan fingerprint density at radius 1 is 1.03 bits per heavy atom. The molecule has 2 aromatic carbocycles. The largest absolute Gasteiger partial charge is 0.497 e. The van der Waals surface area contributed by atoms with Crippen molar-refractivity contribution in [2.75, 3.05) is 19.0 Å². The molecular weight excluding hydrogens is 470 g/mol. The van der Waals surface area contributed by atoms with E-state index in [1.807, 2.05) is 85.1 Å². The van der Waals surface area contributed by atoms with Gasteiger partial charge in [0.2, 0.25) is 5.91 Å².